The number of carbonyl (C=O) groups is 1. The molecular weight excluding hydrogens is 352 g/mol. The number of hydrogen-bond donors (Lipinski definition) is 1. The van der Waals surface area contributed by atoms with Crippen LogP contribution in [0.1, 0.15) is 23.4 Å². The van der Waals surface area contributed by atoms with Crippen molar-refractivity contribution < 1.29 is 4.79 Å². The van der Waals surface area contributed by atoms with Crippen molar-refractivity contribution in [2.45, 2.75) is 25.0 Å². The molecule has 0 aliphatic carbocycles. The highest BCUT2D eigenvalue weighted by Crippen LogP contribution is 2.25. The molecule has 0 radical (unpaired) electrons. The molecule has 1 aromatic carbocycles. The smallest absolute Gasteiger partial charge is 0.230 e. The summed E-state index contributed by atoms with van der Waals surface area (Å²) in [6, 6.07) is 12.1. The van der Waals surface area contributed by atoms with E-state index in [1.54, 1.807) is 11.3 Å². The van der Waals surface area contributed by atoms with Crippen molar-refractivity contribution >= 4 is 29.0 Å². The molecule has 0 bridgehead atoms. The number of carbonyl (C=O) groups excluding carboxylic acids is 1. The summed E-state index contributed by atoms with van der Waals surface area (Å²) in [7, 11) is 1.93. The van der Waals surface area contributed by atoms with Crippen LogP contribution in [-0.4, -0.2) is 26.4 Å². The minimum absolute atomic E-state index is 0.00802. The van der Waals surface area contributed by atoms with E-state index in [0.717, 1.165) is 27.0 Å². The van der Waals surface area contributed by atoms with E-state index < -0.39 is 0 Å². The van der Waals surface area contributed by atoms with Crippen LogP contribution >= 0.6 is 23.1 Å². The van der Waals surface area contributed by atoms with Gasteiger partial charge in [0, 0.05) is 17.5 Å². The Hall–Kier alpha value is -2.12. The molecule has 0 saturated carbocycles. The minimum atomic E-state index is -0.00802. The summed E-state index contributed by atoms with van der Waals surface area (Å²) < 4.78 is 1.93. The molecule has 2 aromatic heterocycles. The summed E-state index contributed by atoms with van der Waals surface area (Å²) in [5.74, 6) is 1.12. The van der Waals surface area contributed by atoms with E-state index in [9.17, 15) is 4.79 Å². The first-order chi connectivity index (χ1) is 12.1. The largest absolute Gasteiger partial charge is 0.348 e. The van der Waals surface area contributed by atoms with Crippen LogP contribution in [0.2, 0.25) is 0 Å². The number of nitrogens with zero attached hydrogens (tertiary/aromatic N) is 3. The van der Waals surface area contributed by atoms with Crippen molar-refractivity contribution in [3.8, 4) is 11.4 Å². The lowest BCUT2D eigenvalue weighted by atomic mass is 10.1. The molecule has 1 amide bonds. The highest BCUT2D eigenvalue weighted by Gasteiger charge is 2.15. The van der Waals surface area contributed by atoms with Crippen molar-refractivity contribution in [2.24, 2.45) is 7.05 Å². The number of rotatable bonds is 6. The fourth-order valence-corrected chi connectivity index (χ4v) is 3.98. The third-order valence-corrected chi connectivity index (χ3v) is 5.98. The first-order valence-electron chi connectivity index (χ1n) is 7.97. The fourth-order valence-electron chi connectivity index (χ4n) is 2.52. The van der Waals surface area contributed by atoms with Gasteiger partial charge in [0.05, 0.1) is 11.8 Å². The normalized spacial score (nSPS) is 12.1. The first kappa shape index (κ1) is 17.7. The maximum absolute atomic E-state index is 12.2. The van der Waals surface area contributed by atoms with Gasteiger partial charge in [-0.05, 0) is 30.9 Å². The third-order valence-electron chi connectivity index (χ3n) is 3.90. The molecule has 3 aromatic rings. The molecule has 0 saturated heterocycles. The summed E-state index contributed by atoms with van der Waals surface area (Å²) in [4.78, 5) is 13.3. The molecule has 1 N–H and O–H groups in total. The number of thiophene rings is 1. The molecule has 130 valence electrons. The van der Waals surface area contributed by atoms with Crippen LogP contribution in [0.5, 0.6) is 0 Å². The Kier molecular flexibility index (Phi) is 5.55. The second-order valence-electron chi connectivity index (χ2n) is 5.77. The molecule has 0 spiro atoms. The number of aromatic nitrogens is 3. The maximum atomic E-state index is 12.2. The molecule has 1 unspecified atom stereocenters. The summed E-state index contributed by atoms with van der Waals surface area (Å²) in [6.07, 6.45) is 0. The van der Waals surface area contributed by atoms with E-state index in [2.05, 4.69) is 28.5 Å². The third kappa shape index (κ3) is 4.11. The molecular formula is C18H20N4OS2. The molecule has 0 aliphatic rings. The molecule has 0 aliphatic heterocycles. The number of aryl methyl sites for hydroxylation is 1. The second kappa shape index (κ2) is 7.84. The van der Waals surface area contributed by atoms with Crippen molar-refractivity contribution in [1.29, 1.82) is 0 Å². The Morgan fingerprint density at radius 1 is 1.28 bits per heavy atom. The maximum Gasteiger partial charge on any atom is 0.230 e. The average Bonchev–Trinajstić information content (AvgIpc) is 3.24. The Labute approximate surface area is 155 Å². The van der Waals surface area contributed by atoms with Crippen LogP contribution in [0.4, 0.5) is 0 Å². The molecule has 1 atom stereocenters. The van der Waals surface area contributed by atoms with Gasteiger partial charge in [-0.25, -0.2) is 0 Å². The second-order valence-corrected chi connectivity index (χ2v) is 7.70. The minimum Gasteiger partial charge on any atom is -0.348 e. The van der Waals surface area contributed by atoms with Crippen molar-refractivity contribution in [2.75, 3.05) is 5.75 Å². The Morgan fingerprint density at radius 2 is 2.08 bits per heavy atom. The Bertz CT molecular complexity index is 858. The van der Waals surface area contributed by atoms with Gasteiger partial charge in [0.25, 0.3) is 0 Å². The van der Waals surface area contributed by atoms with Crippen LogP contribution in [-0.2, 0) is 11.8 Å². The van der Waals surface area contributed by atoms with Gasteiger partial charge in [-0.3, -0.25) is 4.79 Å². The van der Waals surface area contributed by atoms with Gasteiger partial charge >= 0.3 is 0 Å². The SMILES string of the molecule is Cc1ccccc1-c1nnc(SCC(=O)NC(C)c2cccs2)n1C. The Balaban J connectivity index is 1.62. The van der Waals surface area contributed by atoms with E-state index in [1.807, 2.05) is 54.3 Å². The zero-order valence-electron chi connectivity index (χ0n) is 14.4. The summed E-state index contributed by atoms with van der Waals surface area (Å²) in [6.45, 7) is 4.04. The first-order valence-corrected chi connectivity index (χ1v) is 9.83. The van der Waals surface area contributed by atoms with E-state index in [-0.39, 0.29) is 11.9 Å². The van der Waals surface area contributed by atoms with Gasteiger partial charge in [0.1, 0.15) is 0 Å². The molecule has 0 fully saturated rings. The molecule has 7 heteroatoms. The van der Waals surface area contributed by atoms with E-state index in [0.29, 0.717) is 5.75 Å². The standard InChI is InChI=1S/C18H20N4OS2/c1-12-7-4-5-8-14(12)17-20-21-18(22(17)3)25-11-16(23)19-13(2)15-9-6-10-24-15/h4-10,13H,11H2,1-3H3,(H,19,23). The van der Waals surface area contributed by atoms with Crippen LogP contribution in [0.25, 0.3) is 11.4 Å². The quantitative estimate of drug-likeness (QED) is 0.668. The average molecular weight is 373 g/mol. The van der Waals surface area contributed by atoms with Crippen LogP contribution in [0, 0.1) is 6.92 Å². The summed E-state index contributed by atoms with van der Waals surface area (Å²) in [5.41, 5.74) is 2.21. The highest BCUT2D eigenvalue weighted by atomic mass is 32.2. The Morgan fingerprint density at radius 3 is 2.80 bits per heavy atom. The van der Waals surface area contributed by atoms with Crippen LogP contribution in [0.15, 0.2) is 46.9 Å². The zero-order valence-corrected chi connectivity index (χ0v) is 16.0. The van der Waals surface area contributed by atoms with Gasteiger partial charge in [-0.1, -0.05) is 42.1 Å². The van der Waals surface area contributed by atoms with Crippen molar-refractivity contribution in [3.05, 3.63) is 52.2 Å². The number of nitrogens with one attached hydrogen (secondary N) is 1. The number of thioether (sulfide) groups is 1. The summed E-state index contributed by atoms with van der Waals surface area (Å²) >= 11 is 3.04. The number of hydrogen-bond acceptors (Lipinski definition) is 5. The van der Waals surface area contributed by atoms with Crippen LogP contribution < -0.4 is 5.32 Å². The molecule has 2 heterocycles. The summed E-state index contributed by atoms with van der Waals surface area (Å²) in [5, 5.41) is 14.3. The van der Waals surface area contributed by atoms with E-state index in [1.165, 1.54) is 11.8 Å². The number of benzene rings is 1. The van der Waals surface area contributed by atoms with Crippen molar-refractivity contribution in [1.82, 2.24) is 20.1 Å². The zero-order chi connectivity index (χ0) is 17.8. The molecule has 25 heavy (non-hydrogen) atoms. The van der Waals surface area contributed by atoms with Gasteiger partial charge in [0.2, 0.25) is 5.91 Å². The van der Waals surface area contributed by atoms with Crippen LogP contribution in [0.3, 0.4) is 0 Å². The van der Waals surface area contributed by atoms with Gasteiger partial charge in [0.15, 0.2) is 11.0 Å². The van der Waals surface area contributed by atoms with E-state index >= 15 is 0 Å². The van der Waals surface area contributed by atoms with Gasteiger partial charge in [-0.2, -0.15) is 0 Å². The highest BCUT2D eigenvalue weighted by molar-refractivity contribution is 7.99. The lowest BCUT2D eigenvalue weighted by Crippen LogP contribution is -2.27. The van der Waals surface area contributed by atoms with Crippen molar-refractivity contribution in [3.63, 3.8) is 0 Å². The molecule has 5 nitrogen and oxygen atoms in total. The van der Waals surface area contributed by atoms with Gasteiger partial charge < -0.3 is 9.88 Å². The van der Waals surface area contributed by atoms with E-state index in [4.69, 9.17) is 0 Å². The number of amides is 1. The molecule has 3 rings (SSSR count). The lowest BCUT2D eigenvalue weighted by molar-refractivity contribution is -0.119. The predicted molar refractivity (Wildman–Crippen MR) is 103 cm³/mol. The predicted octanol–water partition coefficient (Wildman–Crippen LogP) is 3.82. The fraction of sp³-hybridized carbons (Fsp3) is 0.278. The lowest BCUT2D eigenvalue weighted by Gasteiger charge is -2.11. The van der Waals surface area contributed by atoms with Gasteiger partial charge in [-0.15, -0.1) is 21.5 Å². The monoisotopic (exact) mass is 372 g/mol. The topological polar surface area (TPSA) is 59.8 Å².